The summed E-state index contributed by atoms with van der Waals surface area (Å²) in [5.74, 6) is 0. The number of fused-ring (bicyclic) bond motifs is 8. The molecule has 2 aliphatic heterocycles. The van der Waals surface area contributed by atoms with Gasteiger partial charge in [-0.25, -0.2) is 0 Å². The van der Waals surface area contributed by atoms with Crippen molar-refractivity contribution >= 4 is 415 Å². The van der Waals surface area contributed by atoms with Gasteiger partial charge in [0.2, 0.25) is 0 Å². The van der Waals surface area contributed by atoms with Crippen molar-refractivity contribution < 1.29 is 0 Å². The molecule has 0 amide bonds. The van der Waals surface area contributed by atoms with Crippen LogP contribution in [0.15, 0.2) is 83.7 Å². The standard InChI is InChI=1S/C25H47B25N2P24/c53-26-44(69-42-68-22-11-5-10-21-23(22)17-13-12-16-14-15-6-1-2-7-18(15)43-19-8-3-4-9-20(19)52(21)25(17)24(16)43)50(74(40-66)41-67)75(46(28-55)71(34-60)35-61)31-51-49(45(27-54)70(32-58)33-59)76(47(29-56)72(36-62)37-63)48(30-57)73(38-64)39-65/h1-13,68-69H,14,53-67H2. The molecule has 0 saturated heterocycles. The van der Waals surface area contributed by atoms with Crippen LogP contribution >= 0.6 is 206 Å². The molecule has 0 bridgehead atoms. The molecule has 0 aliphatic carbocycles. The van der Waals surface area contributed by atoms with E-state index in [-0.39, 0.29) is 19.4 Å². The van der Waals surface area contributed by atoms with Crippen molar-refractivity contribution in [3.05, 3.63) is 90.0 Å². The van der Waals surface area contributed by atoms with Gasteiger partial charge in [-0.1, -0.05) is 47.9 Å². The summed E-state index contributed by atoms with van der Waals surface area (Å²) in [6.07, 6.45) is 1.51. The van der Waals surface area contributed by atoms with Crippen molar-refractivity contribution in [2.24, 2.45) is 4.81 Å². The summed E-state index contributed by atoms with van der Waals surface area (Å²) >= 11 is 0. The number of nitrogens with zero attached hydrogens (tertiary/aromatic N) is 2. The minimum absolute atomic E-state index is 0.0546. The number of rotatable bonds is 33. The number of hydrogen-bond acceptors (Lipinski definition) is 1. The summed E-state index contributed by atoms with van der Waals surface area (Å²) in [6, 6.07) is 31.6. The van der Waals surface area contributed by atoms with Crippen LogP contribution in [0.2, 0.25) is 0 Å². The zero-order chi connectivity index (χ0) is 54.6. The molecule has 2 nitrogen and oxygen atoms in total. The third-order valence-electron chi connectivity index (χ3n) is 13.8. The molecular formula is C25H47B25N2P24. The fourth-order valence-corrected chi connectivity index (χ4v) is 54.1. The van der Waals surface area contributed by atoms with E-state index in [1.165, 1.54) is 60.3 Å². The van der Waals surface area contributed by atoms with Gasteiger partial charge in [0.05, 0.1) is 0 Å². The second-order valence-corrected chi connectivity index (χ2v) is 47.9. The molecule has 0 spiro atoms. The molecule has 4 aromatic carbocycles. The molecule has 3 heterocycles. The first-order chi connectivity index (χ1) is 37.1. The van der Waals surface area contributed by atoms with Gasteiger partial charge < -0.3 is 0 Å². The average Bonchev–Trinajstić information content (AvgIpc) is 4.06. The predicted octanol–water partition coefficient (Wildman–Crippen LogP) is 5.84. The van der Waals surface area contributed by atoms with Gasteiger partial charge in [0, 0.05) is 0 Å². The van der Waals surface area contributed by atoms with E-state index in [2.05, 4.69) is 335 Å². The van der Waals surface area contributed by atoms with E-state index in [0.717, 1.165) is 6.42 Å². The molecule has 0 saturated carbocycles. The van der Waals surface area contributed by atoms with Crippen LogP contribution in [0.3, 0.4) is 0 Å². The molecule has 16 radical (unpaired) electrons. The molecule has 2 aliphatic rings. The van der Waals surface area contributed by atoms with Crippen molar-refractivity contribution in [1.82, 2.24) is 4.57 Å². The van der Waals surface area contributed by atoms with Gasteiger partial charge in [0.1, 0.15) is 0 Å². The van der Waals surface area contributed by atoms with Crippen molar-refractivity contribution in [3.8, 4) is 5.69 Å². The van der Waals surface area contributed by atoms with Crippen LogP contribution in [0.4, 0.5) is 0 Å². The Hall–Kier alpha value is 8.42. The van der Waals surface area contributed by atoms with Gasteiger partial charge in [-0.3, -0.25) is 0 Å². The Morgan fingerprint density at radius 3 is 1.67 bits per heavy atom. The summed E-state index contributed by atoms with van der Waals surface area (Å²) in [4.78, 5) is 6.23. The van der Waals surface area contributed by atoms with Crippen LogP contribution in [-0.2, 0) is 6.42 Å². The number of hydrogen-bond donors (Lipinski definition) is 0. The van der Waals surface area contributed by atoms with E-state index < -0.39 is 52.9 Å². The van der Waals surface area contributed by atoms with Gasteiger partial charge in [0.25, 0.3) is 0 Å². The molecule has 18 atom stereocenters. The Kier molecular flexibility index (Phi) is 35.2. The van der Waals surface area contributed by atoms with Crippen LogP contribution in [-0.4, -0.2) is 169 Å². The topological polar surface area (TPSA) is 17.3 Å². The van der Waals surface area contributed by atoms with Crippen LogP contribution in [0, 0.1) is 0 Å². The summed E-state index contributed by atoms with van der Waals surface area (Å²) in [6.45, 7) is 41.5. The zero-order valence-corrected chi connectivity index (χ0v) is 67.4. The molecule has 1 aromatic heterocycles. The van der Waals surface area contributed by atoms with Gasteiger partial charge in [-0.2, -0.15) is 0 Å². The fraction of sp³-hybridized carbons (Fsp3) is 0.0400. The molecular weight excluding hydrogens is 1340 g/mol. The Labute approximate surface area is 520 Å². The second-order valence-electron chi connectivity index (χ2n) is 17.3. The third kappa shape index (κ3) is 16.4. The van der Waals surface area contributed by atoms with Gasteiger partial charge in [-0.15, -0.1) is 0 Å². The summed E-state index contributed by atoms with van der Waals surface area (Å²) in [5, 5.41) is 4.21. The van der Waals surface area contributed by atoms with Gasteiger partial charge >= 0.3 is 466 Å². The monoisotopic (exact) mass is 1390 g/mol. The summed E-state index contributed by atoms with van der Waals surface area (Å²) < 4.78 is 2.61. The minimum atomic E-state index is -0.856. The van der Waals surface area contributed by atoms with Crippen LogP contribution < -0.4 is 21.7 Å². The maximum absolute atomic E-state index is 6.23. The fourth-order valence-electron chi connectivity index (χ4n) is 10.5. The molecule has 7 rings (SSSR count). The molecule has 352 valence electrons. The average molecular weight is 1390 g/mol. The SMILES string of the molecule is P[B]B(P[B]Pc1cccc2c1c1ccc3c4c1n2-c1ccccc1B4c1ccccc1C3)B(P([B]P)[B]P)P(B=NB(B([B]P)P([B]P)[B]P)P(B([B]P)P([B]P)[B]P)B([B]P)P([B]P)[B]P)B([B]P)P([B]P)[B]P. The van der Waals surface area contributed by atoms with E-state index in [9.17, 15) is 0 Å². The second kappa shape index (κ2) is 37.2. The molecule has 0 fully saturated rings. The molecule has 51 heteroatoms. The van der Waals surface area contributed by atoms with Crippen molar-refractivity contribution in [1.29, 1.82) is 0 Å². The van der Waals surface area contributed by atoms with E-state index in [1.807, 2.05) is 0 Å². The maximum atomic E-state index is 6.23. The van der Waals surface area contributed by atoms with E-state index in [1.54, 1.807) is 0 Å². The third-order valence-corrected chi connectivity index (χ3v) is 51.5. The normalized spacial score (nSPS) is 12.7. The summed E-state index contributed by atoms with van der Waals surface area (Å²) in [7, 11) is 41.8. The quantitative estimate of drug-likeness (QED) is 0.0364. The molecule has 76 heavy (non-hydrogen) atoms. The van der Waals surface area contributed by atoms with Crippen molar-refractivity contribution in [3.63, 3.8) is 0 Å². The number of benzene rings is 4. The Bertz CT molecular complexity index is 2650. The predicted molar refractivity (Wildman–Crippen MR) is 466 cm³/mol. The van der Waals surface area contributed by atoms with Crippen LogP contribution in [0.1, 0.15) is 11.1 Å². The molecule has 5 aromatic rings. The number of para-hydroxylation sites is 1. The van der Waals surface area contributed by atoms with Crippen molar-refractivity contribution in [2.75, 3.05) is 0 Å². The number of aromatic nitrogens is 1. The Balaban J connectivity index is 1.33. The van der Waals surface area contributed by atoms with E-state index in [0.29, 0.717) is 47.2 Å². The first kappa shape index (κ1) is 71.9. The first-order valence-electron chi connectivity index (χ1n) is 23.9. The Morgan fingerprint density at radius 2 is 1.11 bits per heavy atom. The van der Waals surface area contributed by atoms with Gasteiger partial charge in [-0.05, 0) is 12.0 Å². The zero-order valence-electron chi connectivity index (χ0n) is 41.8. The van der Waals surface area contributed by atoms with Crippen LogP contribution in [0.5, 0.6) is 0 Å². The van der Waals surface area contributed by atoms with E-state index >= 15 is 0 Å². The summed E-state index contributed by atoms with van der Waals surface area (Å²) in [5.41, 5.74) is 11.3. The van der Waals surface area contributed by atoms with Crippen LogP contribution in [0.25, 0.3) is 27.5 Å². The first-order valence-corrected chi connectivity index (χ1v) is 47.0. The molecule has 0 N–H and O–H groups in total. The van der Waals surface area contributed by atoms with Gasteiger partial charge in [0.15, 0.2) is 0 Å². The molecule has 18 unspecified atom stereocenters. The van der Waals surface area contributed by atoms with E-state index in [4.69, 9.17) is 4.81 Å². The van der Waals surface area contributed by atoms with Crippen molar-refractivity contribution in [2.45, 2.75) is 6.42 Å². The Morgan fingerprint density at radius 1 is 0.539 bits per heavy atom.